The number of rotatable bonds is 4. The predicted octanol–water partition coefficient (Wildman–Crippen LogP) is -0.556. The molecule has 2 rings (SSSR count). The molecule has 5 nitrogen and oxygen atoms in total. The molecular weight excluding hydrogens is 260 g/mol. The van der Waals surface area contributed by atoms with E-state index in [2.05, 4.69) is 0 Å². The Kier molecular flexibility index (Phi) is 3.27. The zero-order valence-corrected chi connectivity index (χ0v) is 11.9. The van der Waals surface area contributed by atoms with Crippen molar-refractivity contribution in [2.75, 3.05) is 0 Å². The first-order valence-electron chi connectivity index (χ1n) is 6.78. The van der Waals surface area contributed by atoms with E-state index in [9.17, 15) is 24.6 Å². The number of ketones is 1. The molecule has 2 saturated carbocycles. The number of carbonyl (C=O) groups excluding carboxylic acids is 3. The lowest BCUT2D eigenvalue weighted by molar-refractivity contribution is -0.318. The lowest BCUT2D eigenvalue weighted by Gasteiger charge is -2.31. The molecule has 0 heterocycles. The van der Waals surface area contributed by atoms with Gasteiger partial charge in [0.25, 0.3) is 0 Å². The van der Waals surface area contributed by atoms with Gasteiger partial charge in [-0.1, -0.05) is 26.8 Å². The third-order valence-electron chi connectivity index (χ3n) is 5.44. The van der Waals surface area contributed by atoms with Crippen LogP contribution in [0.5, 0.6) is 0 Å². The summed E-state index contributed by atoms with van der Waals surface area (Å²) in [5, 5.41) is 21.6. The van der Waals surface area contributed by atoms with E-state index in [1.807, 2.05) is 20.8 Å². The maximum absolute atomic E-state index is 12.5. The van der Waals surface area contributed by atoms with Crippen molar-refractivity contribution < 1.29 is 24.6 Å². The third-order valence-corrected chi connectivity index (χ3v) is 5.44. The summed E-state index contributed by atoms with van der Waals surface area (Å²) in [6.07, 6.45) is 2.23. The summed E-state index contributed by atoms with van der Waals surface area (Å²) in [7, 11) is 0. The molecule has 2 fully saturated rings. The van der Waals surface area contributed by atoms with Gasteiger partial charge in [-0.3, -0.25) is 4.79 Å². The molecule has 0 aliphatic heterocycles. The molecule has 0 saturated heterocycles. The molecule has 3 atom stereocenters. The van der Waals surface area contributed by atoms with Crippen molar-refractivity contribution in [2.24, 2.45) is 22.7 Å². The molecule has 0 spiro atoms. The van der Waals surface area contributed by atoms with Crippen molar-refractivity contribution in [1.29, 1.82) is 0 Å². The highest BCUT2D eigenvalue weighted by atomic mass is 16.4. The highest BCUT2D eigenvalue weighted by molar-refractivity contribution is 6.05. The summed E-state index contributed by atoms with van der Waals surface area (Å²) in [5.74, 6) is -4.32. The van der Waals surface area contributed by atoms with Crippen LogP contribution >= 0.6 is 0 Å². The first kappa shape index (κ1) is 14.8. The Morgan fingerprint density at radius 3 is 2.35 bits per heavy atom. The van der Waals surface area contributed by atoms with Gasteiger partial charge in [0.2, 0.25) is 0 Å². The van der Waals surface area contributed by atoms with E-state index in [-0.39, 0.29) is 17.1 Å². The summed E-state index contributed by atoms with van der Waals surface area (Å²) < 4.78 is 0. The van der Waals surface area contributed by atoms with E-state index in [0.717, 1.165) is 12.8 Å². The zero-order chi connectivity index (χ0) is 15.3. The minimum Gasteiger partial charge on any atom is -0.550 e. The number of hydrogen-bond donors (Lipinski definition) is 0. The topological polar surface area (TPSA) is 97.3 Å². The largest absolute Gasteiger partial charge is 0.550 e. The van der Waals surface area contributed by atoms with Crippen molar-refractivity contribution in [3.8, 4) is 0 Å². The van der Waals surface area contributed by atoms with Gasteiger partial charge in [0.05, 0.1) is 0 Å². The number of carbonyl (C=O) groups is 3. The number of allylic oxidation sites excluding steroid dienone is 1. The Morgan fingerprint density at radius 2 is 1.95 bits per heavy atom. The Bertz CT molecular complexity index is 516. The normalized spacial score (nSPS) is 34.5. The highest BCUT2D eigenvalue weighted by Gasteiger charge is 2.63. The molecule has 0 N–H and O–H groups in total. The van der Waals surface area contributed by atoms with Gasteiger partial charge >= 0.3 is 0 Å². The Balaban J connectivity index is 2.38. The molecule has 0 aromatic rings. The van der Waals surface area contributed by atoms with Crippen LogP contribution in [0, 0.1) is 22.7 Å². The van der Waals surface area contributed by atoms with Crippen LogP contribution in [0.3, 0.4) is 0 Å². The van der Waals surface area contributed by atoms with Crippen LogP contribution in [0.25, 0.3) is 0 Å². The standard InChI is InChI=1S/C15H20O5/c1-14(2)10-4-5-15(14,3)12(18)9(10)6-8(13(19)20)7-11(16)17/h6,8,10H,4-5,7H2,1-3H3,(H,16,17)(H,19,20)/p-2/b9-6+/t8-,10+,15-/m0/s1. The average molecular weight is 278 g/mol. The fourth-order valence-electron chi connectivity index (χ4n) is 3.73. The van der Waals surface area contributed by atoms with Gasteiger partial charge in [0, 0.05) is 23.3 Å². The molecule has 0 unspecified atom stereocenters. The van der Waals surface area contributed by atoms with Crippen LogP contribution in [0.1, 0.15) is 40.0 Å². The van der Waals surface area contributed by atoms with E-state index in [1.54, 1.807) is 0 Å². The fourth-order valence-corrected chi connectivity index (χ4v) is 3.73. The van der Waals surface area contributed by atoms with Crippen molar-refractivity contribution in [2.45, 2.75) is 40.0 Å². The number of aliphatic carboxylic acids is 2. The molecule has 2 aliphatic rings. The van der Waals surface area contributed by atoms with Crippen LogP contribution in [0.15, 0.2) is 11.6 Å². The van der Waals surface area contributed by atoms with Gasteiger partial charge < -0.3 is 19.8 Å². The first-order valence-corrected chi connectivity index (χ1v) is 6.78. The molecule has 2 bridgehead atoms. The van der Waals surface area contributed by atoms with Gasteiger partial charge in [-0.15, -0.1) is 0 Å². The minimum absolute atomic E-state index is 0.0106. The second-order valence-electron chi connectivity index (χ2n) is 6.60. The number of carboxylic acids is 2. The summed E-state index contributed by atoms with van der Waals surface area (Å²) in [5.41, 5.74) is -0.255. The second-order valence-corrected chi connectivity index (χ2v) is 6.60. The van der Waals surface area contributed by atoms with E-state index in [4.69, 9.17) is 0 Å². The SMILES string of the molecule is CC1(C)[C@@H]2CC[C@@]1(C)C(=O)/C2=C/[C@@H](CC(=O)[O-])C(=O)[O-]. The fraction of sp³-hybridized carbons (Fsp3) is 0.667. The lowest BCUT2D eigenvalue weighted by Crippen LogP contribution is -2.36. The van der Waals surface area contributed by atoms with Crippen LogP contribution in [-0.2, 0) is 14.4 Å². The average Bonchev–Trinajstić information content (AvgIpc) is 2.62. The molecule has 5 heteroatoms. The number of carboxylic acid groups (broad SMARTS) is 2. The van der Waals surface area contributed by atoms with Gasteiger partial charge in [-0.05, 0) is 36.2 Å². The number of Topliss-reactive ketones (excluding diaryl/α,β-unsaturated/α-hetero) is 1. The van der Waals surface area contributed by atoms with Gasteiger partial charge in [-0.2, -0.15) is 0 Å². The van der Waals surface area contributed by atoms with Crippen molar-refractivity contribution >= 4 is 17.7 Å². The lowest BCUT2D eigenvalue weighted by atomic mass is 9.70. The maximum Gasteiger partial charge on any atom is 0.165 e. The summed E-state index contributed by atoms with van der Waals surface area (Å²) >= 11 is 0. The molecule has 20 heavy (non-hydrogen) atoms. The number of fused-ring (bicyclic) bond motifs is 2. The molecular formula is C15H18O5-2. The summed E-state index contributed by atoms with van der Waals surface area (Å²) in [6, 6.07) is 0. The van der Waals surface area contributed by atoms with Crippen molar-refractivity contribution in [1.82, 2.24) is 0 Å². The minimum atomic E-state index is -1.49. The maximum atomic E-state index is 12.5. The molecule has 110 valence electrons. The monoisotopic (exact) mass is 278 g/mol. The molecule has 0 amide bonds. The molecule has 0 radical (unpaired) electrons. The van der Waals surface area contributed by atoms with Crippen LogP contribution in [-0.4, -0.2) is 17.7 Å². The predicted molar refractivity (Wildman–Crippen MR) is 65.8 cm³/mol. The van der Waals surface area contributed by atoms with Crippen LogP contribution in [0.2, 0.25) is 0 Å². The second kappa shape index (κ2) is 4.43. The number of hydrogen-bond acceptors (Lipinski definition) is 5. The van der Waals surface area contributed by atoms with Crippen LogP contribution in [0.4, 0.5) is 0 Å². The smallest absolute Gasteiger partial charge is 0.165 e. The molecule has 2 aliphatic carbocycles. The van der Waals surface area contributed by atoms with Gasteiger partial charge in [0.15, 0.2) is 5.78 Å². The summed E-state index contributed by atoms with van der Waals surface area (Å²) in [4.78, 5) is 34.1. The quantitative estimate of drug-likeness (QED) is 0.642. The summed E-state index contributed by atoms with van der Waals surface area (Å²) in [6.45, 7) is 5.93. The third kappa shape index (κ3) is 1.87. The molecule has 0 aromatic carbocycles. The van der Waals surface area contributed by atoms with Crippen molar-refractivity contribution in [3.05, 3.63) is 11.6 Å². The zero-order valence-electron chi connectivity index (χ0n) is 11.9. The van der Waals surface area contributed by atoms with E-state index < -0.39 is 29.7 Å². The van der Waals surface area contributed by atoms with Crippen LogP contribution < -0.4 is 10.2 Å². The van der Waals surface area contributed by atoms with E-state index in [1.165, 1.54) is 6.08 Å². The van der Waals surface area contributed by atoms with Gasteiger partial charge in [-0.25, -0.2) is 0 Å². The highest BCUT2D eigenvalue weighted by Crippen LogP contribution is 2.65. The first-order chi connectivity index (χ1) is 9.11. The van der Waals surface area contributed by atoms with E-state index >= 15 is 0 Å². The Morgan fingerprint density at radius 1 is 1.35 bits per heavy atom. The Labute approximate surface area is 117 Å². The molecule has 0 aromatic heterocycles. The van der Waals surface area contributed by atoms with Gasteiger partial charge in [0.1, 0.15) is 0 Å². The Hall–Kier alpha value is -1.65. The van der Waals surface area contributed by atoms with E-state index in [0.29, 0.717) is 5.57 Å². The van der Waals surface area contributed by atoms with Crippen molar-refractivity contribution in [3.63, 3.8) is 0 Å².